The molecule has 1 saturated carbocycles. The van der Waals surface area contributed by atoms with E-state index in [4.69, 9.17) is 5.73 Å². The van der Waals surface area contributed by atoms with E-state index in [1.54, 1.807) is 16.7 Å². The van der Waals surface area contributed by atoms with Crippen LogP contribution in [0.2, 0.25) is 0 Å². The predicted molar refractivity (Wildman–Crippen MR) is 78.2 cm³/mol. The molecule has 19 heavy (non-hydrogen) atoms. The van der Waals surface area contributed by atoms with Crippen LogP contribution in [0.1, 0.15) is 32.1 Å². The van der Waals surface area contributed by atoms with E-state index in [1.165, 1.54) is 32.1 Å². The van der Waals surface area contributed by atoms with Gasteiger partial charge in [0.1, 0.15) is 0 Å². The van der Waals surface area contributed by atoms with Crippen molar-refractivity contribution in [3.63, 3.8) is 0 Å². The Bertz CT molecular complexity index is 423. The third kappa shape index (κ3) is 4.18. The highest BCUT2D eigenvalue weighted by atomic mass is 16.1. The topological polar surface area (TPSA) is 51.3 Å². The van der Waals surface area contributed by atoms with Gasteiger partial charge in [-0.05, 0) is 18.9 Å². The van der Waals surface area contributed by atoms with Gasteiger partial charge >= 0.3 is 0 Å². The molecule has 2 rings (SSSR count). The maximum absolute atomic E-state index is 11.7. The highest BCUT2D eigenvalue weighted by Crippen LogP contribution is 2.22. The molecule has 2 N–H and O–H groups in total. The summed E-state index contributed by atoms with van der Waals surface area (Å²) in [7, 11) is 0. The van der Waals surface area contributed by atoms with Gasteiger partial charge in [-0.15, -0.1) is 0 Å². The van der Waals surface area contributed by atoms with E-state index in [0.717, 1.165) is 19.6 Å². The molecule has 1 aromatic heterocycles. The van der Waals surface area contributed by atoms with Gasteiger partial charge in [0, 0.05) is 44.5 Å². The number of rotatable bonds is 6. The first kappa shape index (κ1) is 14.3. The lowest BCUT2D eigenvalue weighted by atomic mass is 9.94. The zero-order chi connectivity index (χ0) is 13.5. The fourth-order valence-electron chi connectivity index (χ4n) is 2.97. The zero-order valence-electron chi connectivity index (χ0n) is 11.6. The van der Waals surface area contributed by atoms with Crippen LogP contribution in [0.15, 0.2) is 29.2 Å². The van der Waals surface area contributed by atoms with E-state index in [0.29, 0.717) is 12.6 Å². The second-order valence-corrected chi connectivity index (χ2v) is 5.35. The Morgan fingerprint density at radius 3 is 2.68 bits per heavy atom. The molecule has 0 aliphatic heterocycles. The Morgan fingerprint density at radius 2 is 2.00 bits per heavy atom. The van der Waals surface area contributed by atoms with Gasteiger partial charge < -0.3 is 10.3 Å². The van der Waals surface area contributed by atoms with E-state index in [9.17, 15) is 4.79 Å². The molecule has 1 aliphatic rings. The second-order valence-electron chi connectivity index (χ2n) is 5.35. The van der Waals surface area contributed by atoms with Gasteiger partial charge in [0.15, 0.2) is 0 Å². The van der Waals surface area contributed by atoms with Crippen LogP contribution >= 0.6 is 0 Å². The van der Waals surface area contributed by atoms with E-state index < -0.39 is 0 Å². The first-order valence-electron chi connectivity index (χ1n) is 7.41. The van der Waals surface area contributed by atoms with Crippen molar-refractivity contribution in [1.29, 1.82) is 0 Å². The first-order valence-corrected chi connectivity index (χ1v) is 7.41. The van der Waals surface area contributed by atoms with E-state index in [-0.39, 0.29) is 5.56 Å². The van der Waals surface area contributed by atoms with Crippen LogP contribution in [0, 0.1) is 0 Å². The Balaban J connectivity index is 1.93. The Hall–Kier alpha value is -1.13. The van der Waals surface area contributed by atoms with Gasteiger partial charge in [0.25, 0.3) is 5.56 Å². The monoisotopic (exact) mass is 263 g/mol. The van der Waals surface area contributed by atoms with Crippen molar-refractivity contribution in [2.75, 3.05) is 19.6 Å². The SMILES string of the molecule is NCCN(CCn1ccccc1=O)C1CCCCC1. The quantitative estimate of drug-likeness (QED) is 0.845. The van der Waals surface area contributed by atoms with Crippen LogP contribution in [0.4, 0.5) is 0 Å². The van der Waals surface area contributed by atoms with Crippen LogP contribution in [0.5, 0.6) is 0 Å². The lowest BCUT2D eigenvalue weighted by molar-refractivity contribution is 0.154. The van der Waals surface area contributed by atoms with Crippen LogP contribution in [0.25, 0.3) is 0 Å². The summed E-state index contributed by atoms with van der Waals surface area (Å²) < 4.78 is 1.78. The summed E-state index contributed by atoms with van der Waals surface area (Å²) in [6.45, 7) is 3.31. The van der Waals surface area contributed by atoms with E-state index >= 15 is 0 Å². The average molecular weight is 263 g/mol. The molecule has 0 aromatic carbocycles. The van der Waals surface area contributed by atoms with Crippen molar-refractivity contribution in [1.82, 2.24) is 9.47 Å². The number of aromatic nitrogens is 1. The molecule has 4 heteroatoms. The molecule has 1 aliphatic carbocycles. The lowest BCUT2D eigenvalue weighted by Crippen LogP contribution is -2.42. The minimum Gasteiger partial charge on any atom is -0.329 e. The molecule has 0 saturated heterocycles. The number of nitrogens with two attached hydrogens (primary N) is 1. The summed E-state index contributed by atoms with van der Waals surface area (Å²) in [4.78, 5) is 14.2. The Kier molecular flexibility index (Phi) is 5.61. The number of hydrogen-bond donors (Lipinski definition) is 1. The molecular formula is C15H25N3O. The normalized spacial score (nSPS) is 16.9. The van der Waals surface area contributed by atoms with E-state index in [2.05, 4.69) is 4.90 Å². The maximum atomic E-state index is 11.7. The zero-order valence-corrected chi connectivity index (χ0v) is 11.6. The Morgan fingerprint density at radius 1 is 1.21 bits per heavy atom. The highest BCUT2D eigenvalue weighted by molar-refractivity contribution is 4.93. The fourth-order valence-corrected chi connectivity index (χ4v) is 2.97. The maximum Gasteiger partial charge on any atom is 0.250 e. The molecule has 0 spiro atoms. The fraction of sp³-hybridized carbons (Fsp3) is 0.667. The minimum atomic E-state index is 0.0823. The molecule has 1 fully saturated rings. The summed E-state index contributed by atoms with van der Waals surface area (Å²) >= 11 is 0. The summed E-state index contributed by atoms with van der Waals surface area (Å²) in [5.74, 6) is 0. The molecule has 0 amide bonds. The first-order chi connectivity index (χ1) is 9.31. The van der Waals surface area contributed by atoms with Crippen molar-refractivity contribution in [3.8, 4) is 0 Å². The largest absolute Gasteiger partial charge is 0.329 e. The summed E-state index contributed by atoms with van der Waals surface area (Å²) in [6.07, 6.45) is 8.45. The van der Waals surface area contributed by atoms with Gasteiger partial charge in [-0.2, -0.15) is 0 Å². The summed E-state index contributed by atoms with van der Waals surface area (Å²) in [5.41, 5.74) is 5.81. The van der Waals surface area contributed by atoms with Gasteiger partial charge in [-0.1, -0.05) is 25.3 Å². The molecule has 106 valence electrons. The third-order valence-corrected chi connectivity index (χ3v) is 4.03. The van der Waals surface area contributed by atoms with Crippen LogP contribution in [0.3, 0.4) is 0 Å². The number of pyridine rings is 1. The number of hydrogen-bond acceptors (Lipinski definition) is 3. The van der Waals surface area contributed by atoms with Crippen molar-refractivity contribution < 1.29 is 0 Å². The molecule has 1 heterocycles. The molecular weight excluding hydrogens is 238 g/mol. The molecule has 0 radical (unpaired) electrons. The molecule has 0 bridgehead atoms. The van der Waals surface area contributed by atoms with Crippen molar-refractivity contribution in [2.24, 2.45) is 5.73 Å². The van der Waals surface area contributed by atoms with Crippen LogP contribution in [-0.4, -0.2) is 35.1 Å². The van der Waals surface area contributed by atoms with Crippen molar-refractivity contribution in [2.45, 2.75) is 44.7 Å². The lowest BCUT2D eigenvalue weighted by Gasteiger charge is -2.34. The van der Waals surface area contributed by atoms with Gasteiger partial charge in [0.05, 0.1) is 0 Å². The minimum absolute atomic E-state index is 0.0823. The molecule has 0 unspecified atom stereocenters. The van der Waals surface area contributed by atoms with Crippen LogP contribution < -0.4 is 11.3 Å². The number of nitrogens with zero attached hydrogens (tertiary/aromatic N) is 2. The van der Waals surface area contributed by atoms with Gasteiger partial charge in [-0.25, -0.2) is 0 Å². The Labute approximate surface area is 115 Å². The standard InChI is InChI=1S/C15H25N3O/c16-9-11-17(14-6-2-1-3-7-14)12-13-18-10-5-4-8-15(18)19/h4-5,8,10,14H,1-3,6-7,9,11-13,16H2. The van der Waals surface area contributed by atoms with Crippen molar-refractivity contribution in [3.05, 3.63) is 34.7 Å². The smallest absolute Gasteiger partial charge is 0.250 e. The van der Waals surface area contributed by atoms with Crippen molar-refractivity contribution >= 4 is 0 Å². The highest BCUT2D eigenvalue weighted by Gasteiger charge is 2.20. The van der Waals surface area contributed by atoms with Gasteiger partial charge in [0.2, 0.25) is 0 Å². The van der Waals surface area contributed by atoms with E-state index in [1.807, 2.05) is 12.3 Å². The second kappa shape index (κ2) is 7.46. The third-order valence-electron chi connectivity index (χ3n) is 4.03. The predicted octanol–water partition coefficient (Wildman–Crippen LogP) is 1.44. The average Bonchev–Trinajstić information content (AvgIpc) is 2.46. The summed E-state index contributed by atoms with van der Waals surface area (Å²) in [6, 6.07) is 5.98. The van der Waals surface area contributed by atoms with Gasteiger partial charge in [-0.3, -0.25) is 9.69 Å². The van der Waals surface area contributed by atoms with Crippen LogP contribution in [-0.2, 0) is 6.54 Å². The molecule has 4 nitrogen and oxygen atoms in total. The summed E-state index contributed by atoms with van der Waals surface area (Å²) in [5, 5.41) is 0. The molecule has 0 atom stereocenters. The molecule has 1 aromatic rings.